The van der Waals surface area contributed by atoms with Crippen LogP contribution in [0.15, 0.2) is 77.7 Å². The lowest BCUT2D eigenvalue weighted by atomic mass is 9.89. The van der Waals surface area contributed by atoms with Crippen LogP contribution in [0.5, 0.6) is 5.75 Å². The molecular weight excluding hydrogens is 227 g/mol. The molecule has 1 aromatic carbocycles. The highest BCUT2D eigenvalue weighted by molar-refractivity contribution is 5.50. The van der Waals surface area contributed by atoms with Crippen LogP contribution >= 0.6 is 0 Å². The molecule has 90 valence electrons. The second-order valence-corrected chi connectivity index (χ2v) is 4.33. The van der Waals surface area contributed by atoms with Crippen molar-refractivity contribution in [2.75, 3.05) is 0 Å². The molecule has 0 fully saturated rings. The highest BCUT2D eigenvalue weighted by Crippen LogP contribution is 2.32. The van der Waals surface area contributed by atoms with Gasteiger partial charge in [0.25, 0.3) is 0 Å². The summed E-state index contributed by atoms with van der Waals surface area (Å²) >= 11 is 0. The van der Waals surface area contributed by atoms with Crippen molar-refractivity contribution in [3.63, 3.8) is 0 Å². The van der Waals surface area contributed by atoms with Crippen molar-refractivity contribution in [2.45, 2.75) is 12.5 Å². The minimum Gasteiger partial charge on any atom is -0.482 e. The Kier molecular flexibility index (Phi) is 2.85. The quantitative estimate of drug-likeness (QED) is 0.755. The van der Waals surface area contributed by atoms with Gasteiger partial charge < -0.3 is 4.74 Å². The Morgan fingerprint density at radius 2 is 2.00 bits per heavy atom. The molecule has 0 aromatic heterocycles. The lowest BCUT2D eigenvalue weighted by Gasteiger charge is -2.25. The molecule has 0 bridgehead atoms. The Morgan fingerprint density at radius 1 is 1.17 bits per heavy atom. The van der Waals surface area contributed by atoms with E-state index in [2.05, 4.69) is 0 Å². The first kappa shape index (κ1) is 11.0. The van der Waals surface area contributed by atoms with Gasteiger partial charge in [-0.25, -0.2) is 4.39 Å². The summed E-state index contributed by atoms with van der Waals surface area (Å²) in [5, 5.41) is 0. The molecule has 0 saturated carbocycles. The molecule has 2 heteroatoms. The van der Waals surface area contributed by atoms with Gasteiger partial charge in [0.05, 0.1) is 0 Å². The normalized spacial score (nSPS) is 21.6. The Morgan fingerprint density at radius 3 is 2.83 bits per heavy atom. The summed E-state index contributed by atoms with van der Waals surface area (Å²) in [7, 11) is 0. The van der Waals surface area contributed by atoms with E-state index in [1.165, 1.54) is 6.08 Å². The fourth-order valence-corrected chi connectivity index (χ4v) is 2.20. The van der Waals surface area contributed by atoms with Crippen molar-refractivity contribution >= 4 is 0 Å². The Labute approximate surface area is 106 Å². The first-order chi connectivity index (χ1) is 8.83. The van der Waals surface area contributed by atoms with Crippen LogP contribution in [0.4, 0.5) is 4.39 Å². The first-order valence-electron chi connectivity index (χ1n) is 5.99. The monoisotopic (exact) mass is 240 g/mol. The fraction of sp³-hybridized carbons (Fsp3) is 0.125. The van der Waals surface area contributed by atoms with Gasteiger partial charge in [-0.1, -0.05) is 36.4 Å². The molecule has 18 heavy (non-hydrogen) atoms. The van der Waals surface area contributed by atoms with Crippen LogP contribution in [-0.2, 0) is 0 Å². The minimum absolute atomic E-state index is 0.224. The minimum atomic E-state index is -0.336. The average Bonchev–Trinajstić information content (AvgIpc) is 2.40. The summed E-state index contributed by atoms with van der Waals surface area (Å²) in [5.41, 5.74) is 2.04. The molecule has 0 amide bonds. The van der Waals surface area contributed by atoms with Gasteiger partial charge >= 0.3 is 0 Å². The third-order valence-corrected chi connectivity index (χ3v) is 3.06. The van der Waals surface area contributed by atoms with E-state index in [1.807, 2.05) is 48.6 Å². The lowest BCUT2D eigenvalue weighted by Crippen LogP contribution is -2.21. The Hall–Kier alpha value is -2.09. The summed E-state index contributed by atoms with van der Waals surface area (Å²) in [6, 6.07) is 9.50. The maximum Gasteiger partial charge on any atom is 0.145 e. The maximum atomic E-state index is 13.6. The van der Waals surface area contributed by atoms with Crippen molar-refractivity contribution in [3.05, 3.63) is 77.7 Å². The van der Waals surface area contributed by atoms with Crippen molar-refractivity contribution in [3.8, 4) is 5.75 Å². The number of allylic oxidation sites excluding steroid dienone is 5. The van der Waals surface area contributed by atoms with Crippen molar-refractivity contribution in [2.24, 2.45) is 0 Å². The van der Waals surface area contributed by atoms with Crippen LogP contribution in [0.3, 0.4) is 0 Å². The van der Waals surface area contributed by atoms with Crippen LogP contribution in [0.1, 0.15) is 6.42 Å². The second-order valence-electron chi connectivity index (χ2n) is 4.33. The smallest absolute Gasteiger partial charge is 0.145 e. The third-order valence-electron chi connectivity index (χ3n) is 3.06. The van der Waals surface area contributed by atoms with Gasteiger partial charge in [-0.2, -0.15) is 0 Å². The zero-order chi connectivity index (χ0) is 12.4. The fourth-order valence-electron chi connectivity index (χ4n) is 2.20. The lowest BCUT2D eigenvalue weighted by molar-refractivity contribution is 0.281. The van der Waals surface area contributed by atoms with Crippen molar-refractivity contribution in [1.29, 1.82) is 0 Å². The van der Waals surface area contributed by atoms with Gasteiger partial charge in [0.1, 0.15) is 17.7 Å². The number of rotatable bonds is 2. The Bertz CT molecular complexity index is 564. The van der Waals surface area contributed by atoms with Crippen LogP contribution in [0, 0.1) is 0 Å². The summed E-state index contributed by atoms with van der Waals surface area (Å²) in [5.74, 6) is 0.529. The summed E-state index contributed by atoms with van der Waals surface area (Å²) in [6.45, 7) is 0. The van der Waals surface area contributed by atoms with Gasteiger partial charge in [0, 0.05) is 0 Å². The molecule has 3 rings (SSSR count). The topological polar surface area (TPSA) is 9.23 Å². The van der Waals surface area contributed by atoms with Gasteiger partial charge in [0.2, 0.25) is 0 Å². The van der Waals surface area contributed by atoms with E-state index >= 15 is 0 Å². The molecule has 0 N–H and O–H groups in total. The van der Waals surface area contributed by atoms with Gasteiger partial charge in [0.15, 0.2) is 0 Å². The van der Waals surface area contributed by atoms with Gasteiger partial charge in [-0.15, -0.1) is 0 Å². The van der Waals surface area contributed by atoms with Gasteiger partial charge in [-0.05, 0) is 41.9 Å². The van der Waals surface area contributed by atoms with Crippen molar-refractivity contribution < 1.29 is 9.13 Å². The maximum absolute atomic E-state index is 13.6. The summed E-state index contributed by atoms with van der Waals surface area (Å²) < 4.78 is 19.4. The largest absolute Gasteiger partial charge is 0.482 e. The number of fused-ring (bicyclic) bond motifs is 1. The molecule has 2 aliphatic carbocycles. The van der Waals surface area contributed by atoms with E-state index in [1.54, 1.807) is 6.08 Å². The molecule has 0 spiro atoms. The predicted molar refractivity (Wildman–Crippen MR) is 70.0 cm³/mol. The highest BCUT2D eigenvalue weighted by Gasteiger charge is 2.23. The summed E-state index contributed by atoms with van der Waals surface area (Å²) in [4.78, 5) is 0. The molecule has 1 atom stereocenters. The number of halogens is 1. The van der Waals surface area contributed by atoms with E-state index in [4.69, 9.17) is 4.74 Å². The molecule has 0 heterocycles. The van der Waals surface area contributed by atoms with E-state index in [0.717, 1.165) is 23.3 Å². The number of benzene rings is 1. The molecule has 1 nitrogen and oxygen atoms in total. The molecule has 2 aliphatic rings. The molecular formula is C16H13FO. The SMILES string of the molecule is FC1=CC(Oc2ccccc2)C2=CC=CCC2=C1. The second kappa shape index (κ2) is 4.65. The number of hydrogen-bond acceptors (Lipinski definition) is 1. The van der Waals surface area contributed by atoms with Crippen molar-refractivity contribution in [1.82, 2.24) is 0 Å². The van der Waals surface area contributed by atoms with E-state index < -0.39 is 0 Å². The Balaban J connectivity index is 1.89. The zero-order valence-electron chi connectivity index (χ0n) is 9.84. The predicted octanol–water partition coefficient (Wildman–Crippen LogP) is 4.11. The average molecular weight is 240 g/mol. The molecule has 1 aromatic rings. The van der Waals surface area contributed by atoms with Crippen LogP contribution in [-0.4, -0.2) is 6.10 Å². The standard InChI is InChI=1S/C16H13FO/c17-13-10-12-6-4-5-9-15(12)16(11-13)18-14-7-2-1-3-8-14/h1-5,7-11,16H,6H2. The summed E-state index contributed by atoms with van der Waals surface area (Å²) in [6.07, 6.45) is 9.53. The first-order valence-corrected chi connectivity index (χ1v) is 5.99. The van der Waals surface area contributed by atoms with Crippen LogP contribution in [0.2, 0.25) is 0 Å². The van der Waals surface area contributed by atoms with Gasteiger partial charge in [-0.3, -0.25) is 0 Å². The number of para-hydroxylation sites is 1. The highest BCUT2D eigenvalue weighted by atomic mass is 19.1. The van der Waals surface area contributed by atoms with E-state index in [0.29, 0.717) is 0 Å². The number of ether oxygens (including phenoxy) is 1. The zero-order valence-corrected chi connectivity index (χ0v) is 9.84. The molecule has 1 unspecified atom stereocenters. The van der Waals surface area contributed by atoms with Crippen LogP contribution in [0.25, 0.3) is 0 Å². The molecule has 0 radical (unpaired) electrons. The number of hydrogen-bond donors (Lipinski definition) is 0. The molecule has 0 saturated heterocycles. The molecule has 0 aliphatic heterocycles. The van der Waals surface area contributed by atoms with Crippen LogP contribution < -0.4 is 4.74 Å². The van der Waals surface area contributed by atoms with E-state index in [-0.39, 0.29) is 11.9 Å². The third kappa shape index (κ3) is 2.14. The van der Waals surface area contributed by atoms with E-state index in [9.17, 15) is 4.39 Å².